The third-order valence-corrected chi connectivity index (χ3v) is 3.42. The normalized spacial score (nSPS) is 10.2. The molecular weight excluding hydrogens is 348 g/mol. The van der Waals surface area contributed by atoms with Crippen LogP contribution in [0.1, 0.15) is 24.2 Å². The van der Waals surface area contributed by atoms with Crippen LogP contribution in [-0.4, -0.2) is 32.1 Å². The number of para-hydroxylation sites is 2. The van der Waals surface area contributed by atoms with E-state index in [1.165, 1.54) is 7.11 Å². The summed E-state index contributed by atoms with van der Waals surface area (Å²) in [6.45, 7) is 4.37. The number of hydrazine groups is 1. The van der Waals surface area contributed by atoms with Crippen molar-refractivity contribution in [2.24, 2.45) is 5.92 Å². The van der Waals surface area contributed by atoms with E-state index in [1.54, 1.807) is 48.5 Å². The highest BCUT2D eigenvalue weighted by Gasteiger charge is 2.10. The first-order chi connectivity index (χ1) is 13.0. The molecule has 0 bridgehead atoms. The molecule has 2 rings (SSSR count). The molecule has 0 aliphatic heterocycles. The number of methoxy groups -OCH3 is 1. The van der Waals surface area contributed by atoms with Crippen LogP contribution >= 0.6 is 0 Å². The number of rotatable bonds is 8. The van der Waals surface area contributed by atoms with E-state index in [2.05, 4.69) is 10.9 Å². The Morgan fingerprint density at radius 3 is 2.41 bits per heavy atom. The fraction of sp³-hybridized carbons (Fsp3) is 0.300. The van der Waals surface area contributed by atoms with Crippen molar-refractivity contribution >= 4 is 11.8 Å². The minimum Gasteiger partial charge on any atom is -0.493 e. The number of hydrogen-bond acceptors (Lipinski definition) is 5. The van der Waals surface area contributed by atoms with Gasteiger partial charge in [-0.05, 0) is 36.2 Å². The van der Waals surface area contributed by atoms with E-state index in [4.69, 9.17) is 14.2 Å². The number of ether oxygens (including phenoxy) is 3. The molecule has 0 saturated carbocycles. The molecule has 0 unspecified atom stereocenters. The third-order valence-electron chi connectivity index (χ3n) is 3.42. The predicted octanol–water partition coefficient (Wildman–Crippen LogP) is 2.57. The molecule has 2 N–H and O–H groups in total. The average Bonchev–Trinajstić information content (AvgIpc) is 2.69. The molecule has 0 spiro atoms. The van der Waals surface area contributed by atoms with E-state index in [9.17, 15) is 9.59 Å². The summed E-state index contributed by atoms with van der Waals surface area (Å²) in [6, 6.07) is 13.7. The summed E-state index contributed by atoms with van der Waals surface area (Å²) in [6.07, 6.45) is 0. The smallest absolute Gasteiger partial charge is 0.276 e. The molecule has 0 heterocycles. The lowest BCUT2D eigenvalue weighted by atomic mass is 10.2. The number of amides is 2. The Kier molecular flexibility index (Phi) is 7.49. The highest BCUT2D eigenvalue weighted by atomic mass is 16.5. The first kappa shape index (κ1) is 20.1. The topological polar surface area (TPSA) is 85.9 Å². The second-order valence-corrected chi connectivity index (χ2v) is 6.17. The first-order valence-corrected chi connectivity index (χ1v) is 8.57. The predicted molar refractivity (Wildman–Crippen MR) is 101 cm³/mol. The number of nitrogens with one attached hydrogen (secondary N) is 2. The van der Waals surface area contributed by atoms with Gasteiger partial charge in [-0.25, -0.2) is 0 Å². The largest absolute Gasteiger partial charge is 0.493 e. The highest BCUT2D eigenvalue weighted by molar-refractivity contribution is 5.95. The van der Waals surface area contributed by atoms with Crippen molar-refractivity contribution in [2.75, 3.05) is 20.3 Å². The second kappa shape index (κ2) is 10.1. The van der Waals surface area contributed by atoms with Crippen molar-refractivity contribution in [3.63, 3.8) is 0 Å². The summed E-state index contributed by atoms with van der Waals surface area (Å²) in [5.74, 6) is 0.994. The Morgan fingerprint density at radius 1 is 0.963 bits per heavy atom. The van der Waals surface area contributed by atoms with Gasteiger partial charge >= 0.3 is 0 Å². The fourth-order valence-electron chi connectivity index (χ4n) is 2.11. The monoisotopic (exact) mass is 372 g/mol. The van der Waals surface area contributed by atoms with Gasteiger partial charge in [-0.2, -0.15) is 0 Å². The average molecular weight is 372 g/mol. The van der Waals surface area contributed by atoms with Crippen molar-refractivity contribution < 1.29 is 23.8 Å². The Labute approximate surface area is 158 Å². The van der Waals surface area contributed by atoms with Crippen molar-refractivity contribution in [3.8, 4) is 17.2 Å². The lowest BCUT2D eigenvalue weighted by Gasteiger charge is -2.12. The minimum atomic E-state index is -0.499. The third kappa shape index (κ3) is 6.54. The van der Waals surface area contributed by atoms with E-state index in [1.807, 2.05) is 13.8 Å². The van der Waals surface area contributed by atoms with Crippen LogP contribution < -0.4 is 25.1 Å². The van der Waals surface area contributed by atoms with Gasteiger partial charge in [-0.15, -0.1) is 0 Å². The van der Waals surface area contributed by atoms with E-state index >= 15 is 0 Å². The van der Waals surface area contributed by atoms with Crippen LogP contribution in [0.2, 0.25) is 0 Å². The van der Waals surface area contributed by atoms with Crippen LogP contribution in [0.5, 0.6) is 17.2 Å². The zero-order valence-corrected chi connectivity index (χ0v) is 15.7. The van der Waals surface area contributed by atoms with Gasteiger partial charge in [-0.1, -0.05) is 32.0 Å². The maximum absolute atomic E-state index is 12.2. The molecule has 144 valence electrons. The molecule has 0 aromatic heterocycles. The molecule has 0 aliphatic carbocycles. The lowest BCUT2D eigenvalue weighted by molar-refractivity contribution is -0.123. The van der Waals surface area contributed by atoms with Crippen molar-refractivity contribution in [2.45, 2.75) is 13.8 Å². The number of carbonyl (C=O) groups is 2. The molecule has 0 radical (unpaired) electrons. The minimum absolute atomic E-state index is 0.266. The van der Waals surface area contributed by atoms with Crippen LogP contribution in [-0.2, 0) is 4.79 Å². The van der Waals surface area contributed by atoms with Gasteiger partial charge in [0.25, 0.3) is 11.8 Å². The van der Waals surface area contributed by atoms with Crippen LogP contribution in [0.4, 0.5) is 0 Å². The molecule has 0 fully saturated rings. The molecule has 7 nitrogen and oxygen atoms in total. The summed E-state index contributed by atoms with van der Waals surface area (Å²) in [7, 11) is 1.52. The molecular formula is C20H24N2O5. The van der Waals surface area contributed by atoms with Gasteiger partial charge in [0.2, 0.25) is 0 Å². The van der Waals surface area contributed by atoms with E-state index in [0.29, 0.717) is 35.3 Å². The molecule has 2 aromatic rings. The molecule has 7 heteroatoms. The Bertz CT molecular complexity index is 776. The van der Waals surface area contributed by atoms with Crippen LogP contribution in [0.25, 0.3) is 0 Å². The summed E-state index contributed by atoms with van der Waals surface area (Å²) in [5, 5.41) is 0. The molecule has 2 amide bonds. The summed E-state index contributed by atoms with van der Waals surface area (Å²) in [5.41, 5.74) is 5.04. The highest BCUT2D eigenvalue weighted by Crippen LogP contribution is 2.25. The number of carbonyl (C=O) groups excluding carboxylic acids is 2. The van der Waals surface area contributed by atoms with Crippen molar-refractivity contribution in [1.29, 1.82) is 0 Å². The van der Waals surface area contributed by atoms with Gasteiger partial charge in [0.15, 0.2) is 18.1 Å². The van der Waals surface area contributed by atoms with E-state index in [-0.39, 0.29) is 6.61 Å². The summed E-state index contributed by atoms with van der Waals surface area (Å²) >= 11 is 0. The molecule has 2 aromatic carbocycles. The van der Waals surface area contributed by atoms with Gasteiger partial charge < -0.3 is 14.2 Å². The van der Waals surface area contributed by atoms with E-state index < -0.39 is 11.8 Å². The summed E-state index contributed by atoms with van der Waals surface area (Å²) in [4.78, 5) is 24.1. The number of hydrogen-bond donors (Lipinski definition) is 2. The Hall–Kier alpha value is -3.22. The van der Waals surface area contributed by atoms with Crippen molar-refractivity contribution in [3.05, 3.63) is 54.1 Å². The maximum atomic E-state index is 12.2. The quantitative estimate of drug-likeness (QED) is 0.696. The summed E-state index contributed by atoms with van der Waals surface area (Å²) < 4.78 is 16.1. The molecule has 0 saturated heterocycles. The fourth-order valence-corrected chi connectivity index (χ4v) is 2.11. The molecule has 27 heavy (non-hydrogen) atoms. The van der Waals surface area contributed by atoms with E-state index in [0.717, 1.165) is 0 Å². The van der Waals surface area contributed by atoms with Gasteiger partial charge in [0.1, 0.15) is 5.75 Å². The van der Waals surface area contributed by atoms with Crippen molar-refractivity contribution in [1.82, 2.24) is 10.9 Å². The Balaban J connectivity index is 1.82. The van der Waals surface area contributed by atoms with Gasteiger partial charge in [0, 0.05) is 5.56 Å². The zero-order chi connectivity index (χ0) is 19.6. The lowest BCUT2D eigenvalue weighted by Crippen LogP contribution is -2.43. The Morgan fingerprint density at radius 2 is 1.70 bits per heavy atom. The standard InChI is InChI=1S/C20H24N2O5/c1-14(2)12-26-16-8-6-7-15(11-16)20(24)22-21-19(23)13-27-18-10-5-4-9-17(18)25-3/h4-11,14H,12-13H2,1-3H3,(H,21,23)(H,22,24). The van der Waals surface area contributed by atoms with Crippen LogP contribution in [0, 0.1) is 5.92 Å². The number of benzene rings is 2. The van der Waals surface area contributed by atoms with Crippen LogP contribution in [0.3, 0.4) is 0 Å². The molecule has 0 aliphatic rings. The van der Waals surface area contributed by atoms with Gasteiger partial charge in [0.05, 0.1) is 13.7 Å². The SMILES string of the molecule is COc1ccccc1OCC(=O)NNC(=O)c1cccc(OCC(C)C)c1. The molecule has 0 atom stereocenters. The maximum Gasteiger partial charge on any atom is 0.276 e. The zero-order valence-electron chi connectivity index (χ0n) is 15.7. The van der Waals surface area contributed by atoms with Crippen LogP contribution in [0.15, 0.2) is 48.5 Å². The second-order valence-electron chi connectivity index (χ2n) is 6.17. The van der Waals surface area contributed by atoms with Gasteiger partial charge in [-0.3, -0.25) is 20.4 Å². The first-order valence-electron chi connectivity index (χ1n) is 8.57.